The molecule has 0 saturated heterocycles. The Labute approximate surface area is 124 Å². The highest BCUT2D eigenvalue weighted by molar-refractivity contribution is 5.81. The summed E-state index contributed by atoms with van der Waals surface area (Å²) in [5, 5.41) is 3.41. The van der Waals surface area contributed by atoms with Crippen molar-refractivity contribution >= 4 is 5.97 Å². The maximum absolute atomic E-state index is 12.3. The van der Waals surface area contributed by atoms with Crippen molar-refractivity contribution in [3.63, 3.8) is 0 Å². The summed E-state index contributed by atoms with van der Waals surface area (Å²) in [4.78, 5) is 14.7. The number of hydrogen-bond donors (Lipinski definition) is 1. The summed E-state index contributed by atoms with van der Waals surface area (Å²) >= 11 is 0. The van der Waals surface area contributed by atoms with E-state index >= 15 is 0 Å². The van der Waals surface area contributed by atoms with E-state index in [0.29, 0.717) is 12.1 Å². The Hall–Kier alpha value is -0.610. The number of methoxy groups -OCH3 is 1. The van der Waals surface area contributed by atoms with E-state index in [-0.39, 0.29) is 5.97 Å². The van der Waals surface area contributed by atoms with Crippen LogP contribution in [-0.2, 0) is 9.53 Å². The Bertz CT molecular complexity index is 301. The van der Waals surface area contributed by atoms with Crippen molar-refractivity contribution in [2.24, 2.45) is 0 Å². The second-order valence-electron chi connectivity index (χ2n) is 5.99. The fraction of sp³-hybridized carbons (Fsp3) is 0.938. The van der Waals surface area contributed by atoms with E-state index in [1.807, 2.05) is 0 Å². The van der Waals surface area contributed by atoms with Gasteiger partial charge in [0.05, 0.1) is 7.11 Å². The van der Waals surface area contributed by atoms with Crippen molar-refractivity contribution in [1.82, 2.24) is 10.2 Å². The highest BCUT2D eigenvalue weighted by atomic mass is 16.5. The number of nitrogens with zero attached hydrogens (tertiary/aromatic N) is 1. The van der Waals surface area contributed by atoms with E-state index in [9.17, 15) is 4.79 Å². The summed E-state index contributed by atoms with van der Waals surface area (Å²) in [6, 6.07) is 1.07. The van der Waals surface area contributed by atoms with Gasteiger partial charge in [-0.15, -0.1) is 0 Å². The SMILES string of the molecule is CCNC1(C(=O)OC)CCCC(N(C)C(CC)CC)C1. The number of esters is 1. The van der Waals surface area contributed by atoms with Crippen molar-refractivity contribution < 1.29 is 9.53 Å². The molecule has 1 N–H and O–H groups in total. The molecule has 1 aliphatic carbocycles. The van der Waals surface area contributed by atoms with Gasteiger partial charge in [0.2, 0.25) is 0 Å². The minimum atomic E-state index is -0.479. The number of carbonyl (C=O) groups is 1. The highest BCUT2D eigenvalue weighted by Gasteiger charge is 2.44. The predicted molar refractivity (Wildman–Crippen MR) is 82.8 cm³/mol. The van der Waals surface area contributed by atoms with Gasteiger partial charge in [0.15, 0.2) is 0 Å². The molecular weight excluding hydrogens is 252 g/mol. The molecule has 0 aromatic rings. The minimum Gasteiger partial charge on any atom is -0.468 e. The molecule has 0 aromatic carbocycles. The smallest absolute Gasteiger partial charge is 0.326 e. The number of ether oxygens (including phenoxy) is 1. The largest absolute Gasteiger partial charge is 0.468 e. The second-order valence-corrected chi connectivity index (χ2v) is 5.99. The van der Waals surface area contributed by atoms with E-state index < -0.39 is 5.54 Å². The molecule has 1 saturated carbocycles. The standard InChI is InChI=1S/C16H32N2O2/c1-6-13(7-2)18(4)14-10-9-11-16(12-14,17-8-3)15(19)20-5/h13-14,17H,6-12H2,1-5H3. The molecule has 2 unspecified atom stereocenters. The summed E-state index contributed by atoms with van der Waals surface area (Å²) in [7, 11) is 3.71. The van der Waals surface area contributed by atoms with Crippen LogP contribution in [0.1, 0.15) is 59.3 Å². The van der Waals surface area contributed by atoms with Crippen molar-refractivity contribution in [3.05, 3.63) is 0 Å². The number of rotatable bonds is 7. The molecule has 0 aromatic heterocycles. The molecule has 0 spiro atoms. The van der Waals surface area contributed by atoms with Gasteiger partial charge in [-0.2, -0.15) is 0 Å². The molecule has 0 bridgehead atoms. The normalized spacial score (nSPS) is 27.1. The molecule has 1 aliphatic rings. The van der Waals surface area contributed by atoms with Crippen LogP contribution in [0, 0.1) is 0 Å². The number of likely N-dealkylation sites (N-methyl/N-ethyl adjacent to an activating group) is 1. The Morgan fingerprint density at radius 3 is 2.55 bits per heavy atom. The van der Waals surface area contributed by atoms with E-state index in [2.05, 4.69) is 38.0 Å². The third-order valence-electron chi connectivity index (χ3n) is 4.91. The van der Waals surface area contributed by atoms with Crippen LogP contribution in [0.15, 0.2) is 0 Å². The fourth-order valence-corrected chi connectivity index (χ4v) is 3.71. The van der Waals surface area contributed by atoms with E-state index in [1.165, 1.54) is 13.5 Å². The summed E-state index contributed by atoms with van der Waals surface area (Å²) in [5.74, 6) is -0.0954. The monoisotopic (exact) mass is 284 g/mol. The third-order valence-corrected chi connectivity index (χ3v) is 4.91. The zero-order chi connectivity index (χ0) is 15.2. The van der Waals surface area contributed by atoms with Crippen LogP contribution in [0.3, 0.4) is 0 Å². The van der Waals surface area contributed by atoms with Gasteiger partial charge in [0.1, 0.15) is 5.54 Å². The van der Waals surface area contributed by atoms with Crippen molar-refractivity contribution in [2.75, 3.05) is 20.7 Å². The molecule has 4 nitrogen and oxygen atoms in total. The lowest BCUT2D eigenvalue weighted by Crippen LogP contribution is -2.59. The van der Waals surface area contributed by atoms with Gasteiger partial charge in [-0.3, -0.25) is 4.79 Å². The van der Waals surface area contributed by atoms with Crippen LogP contribution in [0.2, 0.25) is 0 Å². The first-order chi connectivity index (χ1) is 9.54. The number of nitrogens with one attached hydrogen (secondary N) is 1. The van der Waals surface area contributed by atoms with Crippen LogP contribution in [-0.4, -0.2) is 49.2 Å². The van der Waals surface area contributed by atoms with Crippen LogP contribution in [0.5, 0.6) is 0 Å². The predicted octanol–water partition coefficient (Wildman–Crippen LogP) is 2.57. The fourth-order valence-electron chi connectivity index (χ4n) is 3.71. The summed E-state index contributed by atoms with van der Waals surface area (Å²) in [6.45, 7) is 7.34. The Morgan fingerprint density at radius 1 is 1.40 bits per heavy atom. The Morgan fingerprint density at radius 2 is 2.05 bits per heavy atom. The van der Waals surface area contributed by atoms with Gasteiger partial charge in [-0.1, -0.05) is 20.8 Å². The minimum absolute atomic E-state index is 0.0954. The third kappa shape index (κ3) is 3.73. The molecule has 2 atom stereocenters. The van der Waals surface area contributed by atoms with Crippen molar-refractivity contribution in [1.29, 1.82) is 0 Å². The lowest BCUT2D eigenvalue weighted by molar-refractivity contribution is -0.151. The molecule has 0 heterocycles. The molecule has 4 heteroatoms. The average Bonchev–Trinajstić information content (AvgIpc) is 2.48. The Kier molecular flexibility index (Phi) is 6.96. The second kappa shape index (κ2) is 7.99. The Balaban J connectivity index is 2.84. The molecular formula is C16H32N2O2. The average molecular weight is 284 g/mol. The van der Waals surface area contributed by atoms with Crippen molar-refractivity contribution in [2.45, 2.75) is 76.9 Å². The molecule has 1 fully saturated rings. The van der Waals surface area contributed by atoms with Gasteiger partial charge in [0.25, 0.3) is 0 Å². The summed E-state index contributed by atoms with van der Waals surface area (Å²) in [6.07, 6.45) is 6.33. The van der Waals surface area contributed by atoms with Gasteiger partial charge in [-0.05, 0) is 52.1 Å². The van der Waals surface area contributed by atoms with Gasteiger partial charge in [-0.25, -0.2) is 0 Å². The summed E-state index contributed by atoms with van der Waals surface area (Å²) in [5.41, 5.74) is -0.479. The van der Waals surface area contributed by atoms with E-state index in [4.69, 9.17) is 4.74 Å². The molecule has 0 amide bonds. The molecule has 0 aliphatic heterocycles. The number of hydrogen-bond acceptors (Lipinski definition) is 4. The van der Waals surface area contributed by atoms with Gasteiger partial charge < -0.3 is 15.0 Å². The van der Waals surface area contributed by atoms with Gasteiger partial charge in [0, 0.05) is 12.1 Å². The molecule has 1 rings (SSSR count). The zero-order valence-electron chi connectivity index (χ0n) is 13.9. The first-order valence-electron chi connectivity index (χ1n) is 8.10. The maximum atomic E-state index is 12.3. The quantitative estimate of drug-likeness (QED) is 0.730. The number of carbonyl (C=O) groups excluding carboxylic acids is 1. The molecule has 0 radical (unpaired) electrons. The molecule has 20 heavy (non-hydrogen) atoms. The van der Waals surface area contributed by atoms with Crippen molar-refractivity contribution in [3.8, 4) is 0 Å². The topological polar surface area (TPSA) is 41.6 Å². The molecule has 118 valence electrons. The van der Waals surface area contributed by atoms with E-state index in [0.717, 1.165) is 38.6 Å². The summed E-state index contributed by atoms with van der Waals surface area (Å²) < 4.78 is 5.07. The van der Waals surface area contributed by atoms with Crippen LogP contribution in [0.25, 0.3) is 0 Å². The lowest BCUT2D eigenvalue weighted by Gasteiger charge is -2.44. The first kappa shape index (κ1) is 17.4. The van der Waals surface area contributed by atoms with Crippen LogP contribution >= 0.6 is 0 Å². The highest BCUT2D eigenvalue weighted by Crippen LogP contribution is 2.33. The lowest BCUT2D eigenvalue weighted by atomic mass is 9.78. The van der Waals surface area contributed by atoms with Crippen LogP contribution in [0.4, 0.5) is 0 Å². The van der Waals surface area contributed by atoms with Gasteiger partial charge >= 0.3 is 5.97 Å². The first-order valence-corrected chi connectivity index (χ1v) is 8.10. The van der Waals surface area contributed by atoms with Crippen LogP contribution < -0.4 is 5.32 Å². The maximum Gasteiger partial charge on any atom is 0.326 e. The van der Waals surface area contributed by atoms with E-state index in [1.54, 1.807) is 0 Å². The zero-order valence-corrected chi connectivity index (χ0v) is 13.9.